The van der Waals surface area contributed by atoms with Gasteiger partial charge in [-0.15, -0.1) is 11.3 Å². The Bertz CT molecular complexity index is 343. The molecule has 1 saturated heterocycles. The quantitative estimate of drug-likeness (QED) is 0.911. The number of anilines is 1. The van der Waals surface area contributed by atoms with Gasteiger partial charge in [-0.1, -0.05) is 20.8 Å². The van der Waals surface area contributed by atoms with E-state index in [0.29, 0.717) is 10.5 Å². The van der Waals surface area contributed by atoms with Crippen LogP contribution in [0.5, 0.6) is 0 Å². The number of thioether (sulfide) groups is 1. The van der Waals surface area contributed by atoms with E-state index in [1.54, 1.807) is 0 Å². The molecule has 0 amide bonds. The van der Waals surface area contributed by atoms with Crippen molar-refractivity contribution in [3.8, 4) is 0 Å². The first kappa shape index (κ1) is 13.2. The predicted octanol–water partition coefficient (Wildman–Crippen LogP) is 2.58. The molecule has 0 bridgehead atoms. The standard InChI is InChI=1S/C12H21N3S2/c1-4-13-5-11-6-14-12(17-11)15-7-9(2)16-10(3)8-15/h6,9-10,13H,4-5,7-8H2,1-3H3. The highest BCUT2D eigenvalue weighted by atomic mass is 32.2. The van der Waals surface area contributed by atoms with Crippen molar-refractivity contribution in [1.29, 1.82) is 0 Å². The maximum atomic E-state index is 4.56. The van der Waals surface area contributed by atoms with E-state index in [9.17, 15) is 0 Å². The number of nitrogens with one attached hydrogen (secondary N) is 1. The SMILES string of the molecule is CCNCc1cnc(N2CC(C)SC(C)C2)s1. The van der Waals surface area contributed by atoms with Gasteiger partial charge in [-0.2, -0.15) is 11.8 Å². The molecule has 17 heavy (non-hydrogen) atoms. The van der Waals surface area contributed by atoms with Gasteiger partial charge < -0.3 is 10.2 Å². The Hall–Kier alpha value is -0.260. The highest BCUT2D eigenvalue weighted by Gasteiger charge is 2.24. The van der Waals surface area contributed by atoms with E-state index in [1.165, 1.54) is 10.0 Å². The smallest absolute Gasteiger partial charge is 0.185 e. The van der Waals surface area contributed by atoms with Crippen molar-refractivity contribution in [3.05, 3.63) is 11.1 Å². The van der Waals surface area contributed by atoms with Gasteiger partial charge in [0.2, 0.25) is 0 Å². The Labute approximate surface area is 112 Å². The third kappa shape index (κ3) is 3.60. The largest absolute Gasteiger partial charge is 0.346 e. The van der Waals surface area contributed by atoms with E-state index < -0.39 is 0 Å². The average molecular weight is 271 g/mol. The molecule has 1 aliphatic heterocycles. The number of nitrogens with zero attached hydrogens (tertiary/aromatic N) is 2. The summed E-state index contributed by atoms with van der Waals surface area (Å²) in [5.74, 6) is 0. The molecule has 1 aromatic rings. The summed E-state index contributed by atoms with van der Waals surface area (Å²) in [5, 5.41) is 5.95. The summed E-state index contributed by atoms with van der Waals surface area (Å²) in [7, 11) is 0. The molecule has 1 aromatic heterocycles. The van der Waals surface area contributed by atoms with Crippen LogP contribution < -0.4 is 10.2 Å². The number of aromatic nitrogens is 1. The van der Waals surface area contributed by atoms with Crippen molar-refractivity contribution in [2.24, 2.45) is 0 Å². The average Bonchev–Trinajstić information content (AvgIpc) is 2.73. The minimum atomic E-state index is 0.708. The normalized spacial score (nSPS) is 25.2. The zero-order valence-corrected chi connectivity index (χ0v) is 12.4. The van der Waals surface area contributed by atoms with E-state index in [0.717, 1.165) is 26.2 Å². The Morgan fingerprint density at radius 2 is 2.12 bits per heavy atom. The number of hydrogen-bond donors (Lipinski definition) is 1. The van der Waals surface area contributed by atoms with Crippen molar-refractivity contribution in [1.82, 2.24) is 10.3 Å². The van der Waals surface area contributed by atoms with Crippen LogP contribution in [0.3, 0.4) is 0 Å². The first-order chi connectivity index (χ1) is 8.19. The fourth-order valence-corrected chi connectivity index (χ4v) is 4.33. The Kier molecular flexibility index (Phi) is 4.70. The lowest BCUT2D eigenvalue weighted by Crippen LogP contribution is -2.40. The summed E-state index contributed by atoms with van der Waals surface area (Å²) in [4.78, 5) is 8.33. The molecular formula is C12H21N3S2. The van der Waals surface area contributed by atoms with E-state index in [1.807, 2.05) is 17.5 Å². The molecule has 0 saturated carbocycles. The van der Waals surface area contributed by atoms with E-state index in [-0.39, 0.29) is 0 Å². The van der Waals surface area contributed by atoms with Crippen LogP contribution in [0, 0.1) is 0 Å². The molecular weight excluding hydrogens is 250 g/mol. The van der Waals surface area contributed by atoms with E-state index in [4.69, 9.17) is 0 Å². The summed E-state index contributed by atoms with van der Waals surface area (Å²) in [6.45, 7) is 11.0. The molecule has 0 spiro atoms. The zero-order chi connectivity index (χ0) is 12.3. The van der Waals surface area contributed by atoms with Crippen molar-refractivity contribution in [3.63, 3.8) is 0 Å². The Balaban J connectivity index is 1.98. The van der Waals surface area contributed by atoms with Gasteiger partial charge >= 0.3 is 0 Å². The third-order valence-electron chi connectivity index (χ3n) is 2.78. The summed E-state index contributed by atoms with van der Waals surface area (Å²) in [6, 6.07) is 0. The van der Waals surface area contributed by atoms with Gasteiger partial charge in [0.25, 0.3) is 0 Å². The van der Waals surface area contributed by atoms with Gasteiger partial charge in [0.15, 0.2) is 5.13 Å². The van der Waals surface area contributed by atoms with Crippen LogP contribution in [0.1, 0.15) is 25.6 Å². The molecule has 2 rings (SSSR count). The molecule has 96 valence electrons. The second-order valence-corrected chi connectivity index (χ2v) is 7.53. The van der Waals surface area contributed by atoms with Gasteiger partial charge in [-0.05, 0) is 6.54 Å². The highest BCUT2D eigenvalue weighted by Crippen LogP contribution is 2.30. The lowest BCUT2D eigenvalue weighted by atomic mass is 10.3. The van der Waals surface area contributed by atoms with Gasteiger partial charge in [0.05, 0.1) is 0 Å². The molecule has 1 aliphatic rings. The number of hydrogen-bond acceptors (Lipinski definition) is 5. The summed E-state index contributed by atoms with van der Waals surface area (Å²) in [6.07, 6.45) is 2.01. The van der Waals surface area contributed by atoms with Crippen LogP contribution in [-0.4, -0.2) is 35.1 Å². The molecule has 3 nitrogen and oxygen atoms in total. The second-order valence-electron chi connectivity index (χ2n) is 4.55. The Morgan fingerprint density at radius 3 is 2.76 bits per heavy atom. The second kappa shape index (κ2) is 6.07. The maximum Gasteiger partial charge on any atom is 0.185 e. The van der Waals surface area contributed by atoms with Crippen molar-refractivity contribution in [2.75, 3.05) is 24.5 Å². The van der Waals surface area contributed by atoms with Crippen LogP contribution in [0.15, 0.2) is 6.20 Å². The van der Waals surface area contributed by atoms with Crippen LogP contribution >= 0.6 is 23.1 Å². The molecule has 2 unspecified atom stereocenters. The fourth-order valence-electron chi connectivity index (χ4n) is 2.11. The molecule has 2 heterocycles. The van der Waals surface area contributed by atoms with Gasteiger partial charge in [0, 0.05) is 41.2 Å². The lowest BCUT2D eigenvalue weighted by molar-refractivity contribution is 0.725. The first-order valence-electron chi connectivity index (χ1n) is 6.25. The molecule has 1 N–H and O–H groups in total. The van der Waals surface area contributed by atoms with Crippen molar-refractivity contribution < 1.29 is 0 Å². The fraction of sp³-hybridized carbons (Fsp3) is 0.750. The lowest BCUT2D eigenvalue weighted by Gasteiger charge is -2.34. The molecule has 5 heteroatoms. The van der Waals surface area contributed by atoms with Gasteiger partial charge in [-0.3, -0.25) is 0 Å². The van der Waals surface area contributed by atoms with E-state index in [2.05, 4.69) is 47.7 Å². The van der Waals surface area contributed by atoms with Crippen molar-refractivity contribution in [2.45, 2.75) is 37.8 Å². The van der Waals surface area contributed by atoms with Crippen molar-refractivity contribution >= 4 is 28.2 Å². The molecule has 2 atom stereocenters. The molecule has 0 radical (unpaired) electrons. The van der Waals surface area contributed by atoms with Gasteiger partial charge in [0.1, 0.15) is 0 Å². The minimum absolute atomic E-state index is 0.708. The zero-order valence-electron chi connectivity index (χ0n) is 10.8. The molecule has 0 aromatic carbocycles. The summed E-state index contributed by atoms with van der Waals surface area (Å²) >= 11 is 3.91. The molecule has 1 fully saturated rings. The van der Waals surface area contributed by atoms with Crippen LogP contribution in [0.2, 0.25) is 0 Å². The highest BCUT2D eigenvalue weighted by molar-refractivity contribution is 8.00. The van der Waals surface area contributed by atoms with E-state index >= 15 is 0 Å². The number of rotatable bonds is 4. The Morgan fingerprint density at radius 1 is 1.41 bits per heavy atom. The van der Waals surface area contributed by atoms with Crippen LogP contribution in [0.25, 0.3) is 0 Å². The maximum absolute atomic E-state index is 4.56. The van der Waals surface area contributed by atoms with Crippen LogP contribution in [0.4, 0.5) is 5.13 Å². The first-order valence-corrected chi connectivity index (χ1v) is 8.00. The molecule has 0 aliphatic carbocycles. The van der Waals surface area contributed by atoms with Gasteiger partial charge in [-0.25, -0.2) is 4.98 Å². The number of thiazole rings is 1. The van der Waals surface area contributed by atoms with Crippen LogP contribution in [-0.2, 0) is 6.54 Å². The predicted molar refractivity (Wildman–Crippen MR) is 78.2 cm³/mol. The summed E-state index contributed by atoms with van der Waals surface area (Å²) in [5.41, 5.74) is 0. The summed E-state index contributed by atoms with van der Waals surface area (Å²) < 4.78 is 0. The third-order valence-corrected chi connectivity index (χ3v) is 5.07. The monoisotopic (exact) mass is 271 g/mol. The minimum Gasteiger partial charge on any atom is -0.346 e. The topological polar surface area (TPSA) is 28.2 Å².